The summed E-state index contributed by atoms with van der Waals surface area (Å²) in [6, 6.07) is 0.681. The minimum Gasteiger partial charge on any atom is -0.309 e. The molecule has 0 bridgehead atoms. The maximum absolute atomic E-state index is 3.59. The lowest BCUT2D eigenvalue weighted by molar-refractivity contribution is 0.101. The molecule has 3 heteroatoms. The molecular weight excluding hydrogens is 186 g/mol. The van der Waals surface area contributed by atoms with Gasteiger partial charge in [-0.1, -0.05) is 0 Å². The largest absolute Gasteiger partial charge is 0.309 e. The van der Waals surface area contributed by atoms with Crippen molar-refractivity contribution in [2.75, 3.05) is 40.3 Å². The van der Waals surface area contributed by atoms with Gasteiger partial charge in [0, 0.05) is 24.7 Å². The van der Waals surface area contributed by atoms with Gasteiger partial charge in [-0.2, -0.15) is 0 Å². The number of hydrogen-bond donors (Lipinski definition) is 1. The van der Waals surface area contributed by atoms with Crippen molar-refractivity contribution in [3.63, 3.8) is 0 Å². The number of rotatable bonds is 4. The highest BCUT2D eigenvalue weighted by atomic mass is 15.2. The van der Waals surface area contributed by atoms with Crippen molar-refractivity contribution >= 4 is 0 Å². The molecule has 1 unspecified atom stereocenters. The van der Waals surface area contributed by atoms with Crippen LogP contribution in [0.2, 0.25) is 0 Å². The van der Waals surface area contributed by atoms with E-state index < -0.39 is 0 Å². The van der Waals surface area contributed by atoms with E-state index in [-0.39, 0.29) is 5.54 Å². The van der Waals surface area contributed by atoms with Crippen LogP contribution in [-0.4, -0.2) is 61.7 Å². The van der Waals surface area contributed by atoms with Crippen molar-refractivity contribution in [3.8, 4) is 0 Å². The van der Waals surface area contributed by atoms with Gasteiger partial charge in [-0.15, -0.1) is 0 Å². The lowest BCUT2D eigenvalue weighted by atomic mass is 9.99. The number of hydrogen-bond acceptors (Lipinski definition) is 3. The van der Waals surface area contributed by atoms with Gasteiger partial charge in [0.25, 0.3) is 0 Å². The van der Waals surface area contributed by atoms with Crippen molar-refractivity contribution in [2.45, 2.75) is 38.8 Å². The Morgan fingerprint density at radius 3 is 2.67 bits per heavy atom. The average molecular weight is 213 g/mol. The Morgan fingerprint density at radius 2 is 2.07 bits per heavy atom. The van der Waals surface area contributed by atoms with E-state index in [2.05, 4.69) is 50.0 Å². The molecular formula is C12H27N3. The van der Waals surface area contributed by atoms with Crippen LogP contribution in [0.5, 0.6) is 0 Å². The first-order valence-electron chi connectivity index (χ1n) is 6.04. The van der Waals surface area contributed by atoms with Crippen LogP contribution in [-0.2, 0) is 0 Å². The van der Waals surface area contributed by atoms with Gasteiger partial charge in [-0.25, -0.2) is 0 Å². The van der Waals surface area contributed by atoms with E-state index in [1.165, 1.54) is 26.1 Å². The summed E-state index contributed by atoms with van der Waals surface area (Å²) < 4.78 is 0. The van der Waals surface area contributed by atoms with E-state index in [1.807, 2.05) is 0 Å². The van der Waals surface area contributed by atoms with Crippen molar-refractivity contribution in [2.24, 2.45) is 0 Å². The lowest BCUT2D eigenvalue weighted by Gasteiger charge is -2.43. The molecule has 0 amide bonds. The molecule has 0 aromatic carbocycles. The molecule has 0 aliphatic carbocycles. The van der Waals surface area contributed by atoms with Crippen LogP contribution in [0, 0.1) is 0 Å². The summed E-state index contributed by atoms with van der Waals surface area (Å²) in [5.41, 5.74) is 0.282. The lowest BCUT2D eigenvalue weighted by Crippen LogP contribution is -2.60. The standard InChI is InChI=1S/C12H27N3/c1-11-9-13-12(2,3)10-15(11)8-6-7-14(4)5/h11,13H,6-10H2,1-5H3. The maximum atomic E-state index is 3.59. The van der Waals surface area contributed by atoms with Crippen LogP contribution < -0.4 is 5.32 Å². The third-order valence-corrected chi connectivity index (χ3v) is 3.15. The Morgan fingerprint density at radius 1 is 1.40 bits per heavy atom. The minimum absolute atomic E-state index is 0.282. The molecule has 15 heavy (non-hydrogen) atoms. The summed E-state index contributed by atoms with van der Waals surface area (Å²) in [6.07, 6.45) is 1.27. The molecule has 1 aliphatic rings. The van der Waals surface area contributed by atoms with E-state index in [9.17, 15) is 0 Å². The topological polar surface area (TPSA) is 18.5 Å². The van der Waals surface area contributed by atoms with Crippen LogP contribution >= 0.6 is 0 Å². The fourth-order valence-corrected chi connectivity index (χ4v) is 2.16. The molecule has 0 saturated carbocycles. The van der Waals surface area contributed by atoms with Crippen molar-refractivity contribution in [1.82, 2.24) is 15.1 Å². The van der Waals surface area contributed by atoms with Gasteiger partial charge >= 0.3 is 0 Å². The molecule has 1 N–H and O–H groups in total. The Bertz CT molecular complexity index is 189. The van der Waals surface area contributed by atoms with Gasteiger partial charge in [-0.05, 0) is 54.4 Å². The van der Waals surface area contributed by atoms with Crippen LogP contribution in [0.25, 0.3) is 0 Å². The molecule has 90 valence electrons. The number of nitrogens with zero attached hydrogens (tertiary/aromatic N) is 2. The molecule has 1 atom stereocenters. The zero-order valence-electron chi connectivity index (χ0n) is 11.0. The van der Waals surface area contributed by atoms with E-state index >= 15 is 0 Å². The van der Waals surface area contributed by atoms with E-state index in [0.29, 0.717) is 6.04 Å². The Balaban J connectivity index is 2.32. The van der Waals surface area contributed by atoms with Crippen LogP contribution in [0.15, 0.2) is 0 Å². The summed E-state index contributed by atoms with van der Waals surface area (Å²) in [6.45, 7) is 11.6. The van der Waals surface area contributed by atoms with Gasteiger partial charge in [0.1, 0.15) is 0 Å². The summed E-state index contributed by atoms with van der Waals surface area (Å²) in [7, 11) is 4.29. The maximum Gasteiger partial charge on any atom is 0.0252 e. The molecule has 1 fully saturated rings. The molecule has 0 aromatic heterocycles. The fraction of sp³-hybridized carbons (Fsp3) is 1.00. The van der Waals surface area contributed by atoms with Gasteiger partial charge in [0.05, 0.1) is 0 Å². The fourth-order valence-electron chi connectivity index (χ4n) is 2.16. The van der Waals surface area contributed by atoms with E-state index in [1.54, 1.807) is 0 Å². The Kier molecular flexibility index (Phi) is 4.56. The molecule has 1 rings (SSSR count). The molecule has 1 aliphatic heterocycles. The molecule has 0 radical (unpaired) electrons. The van der Waals surface area contributed by atoms with Gasteiger partial charge in [0.15, 0.2) is 0 Å². The third kappa shape index (κ3) is 4.49. The summed E-state index contributed by atoms with van der Waals surface area (Å²) in [5, 5.41) is 3.59. The zero-order chi connectivity index (χ0) is 11.5. The van der Waals surface area contributed by atoms with Gasteiger partial charge in [0.2, 0.25) is 0 Å². The van der Waals surface area contributed by atoms with Crippen LogP contribution in [0.1, 0.15) is 27.2 Å². The highest BCUT2D eigenvalue weighted by Crippen LogP contribution is 2.14. The second kappa shape index (κ2) is 5.28. The predicted octanol–water partition coefficient (Wildman–Crippen LogP) is 1.01. The van der Waals surface area contributed by atoms with E-state index in [4.69, 9.17) is 0 Å². The van der Waals surface area contributed by atoms with Gasteiger partial charge < -0.3 is 10.2 Å². The minimum atomic E-state index is 0.282. The monoisotopic (exact) mass is 213 g/mol. The number of piperazine rings is 1. The predicted molar refractivity (Wildman–Crippen MR) is 66.3 cm³/mol. The van der Waals surface area contributed by atoms with E-state index in [0.717, 1.165) is 6.54 Å². The quantitative estimate of drug-likeness (QED) is 0.752. The summed E-state index contributed by atoms with van der Waals surface area (Å²) >= 11 is 0. The molecule has 3 nitrogen and oxygen atoms in total. The van der Waals surface area contributed by atoms with Crippen LogP contribution in [0.3, 0.4) is 0 Å². The highest BCUT2D eigenvalue weighted by molar-refractivity contribution is 4.90. The third-order valence-electron chi connectivity index (χ3n) is 3.15. The summed E-state index contributed by atoms with van der Waals surface area (Å²) in [5.74, 6) is 0. The second-order valence-electron chi connectivity index (χ2n) is 5.74. The van der Waals surface area contributed by atoms with Crippen molar-refractivity contribution in [3.05, 3.63) is 0 Å². The molecule has 0 spiro atoms. The highest BCUT2D eigenvalue weighted by Gasteiger charge is 2.29. The average Bonchev–Trinajstić information content (AvgIpc) is 2.10. The SMILES string of the molecule is CC1CNC(C)(C)CN1CCCN(C)C. The smallest absolute Gasteiger partial charge is 0.0252 e. The van der Waals surface area contributed by atoms with Crippen LogP contribution in [0.4, 0.5) is 0 Å². The zero-order valence-corrected chi connectivity index (χ0v) is 11.0. The Hall–Kier alpha value is -0.120. The normalized spacial score (nSPS) is 27.2. The Labute approximate surface area is 94.8 Å². The van der Waals surface area contributed by atoms with Gasteiger partial charge in [-0.3, -0.25) is 4.90 Å². The first-order chi connectivity index (χ1) is 6.91. The van der Waals surface area contributed by atoms with Crippen molar-refractivity contribution < 1.29 is 0 Å². The second-order valence-corrected chi connectivity index (χ2v) is 5.74. The molecule has 1 saturated heterocycles. The first-order valence-corrected chi connectivity index (χ1v) is 6.04. The summed E-state index contributed by atoms with van der Waals surface area (Å²) in [4.78, 5) is 4.87. The molecule has 0 aromatic rings. The first kappa shape index (κ1) is 12.9. The van der Waals surface area contributed by atoms with Crippen molar-refractivity contribution in [1.29, 1.82) is 0 Å². The number of nitrogens with one attached hydrogen (secondary N) is 1. The molecule has 1 heterocycles.